The van der Waals surface area contributed by atoms with E-state index in [1.165, 1.54) is 12.1 Å². The summed E-state index contributed by atoms with van der Waals surface area (Å²) < 4.78 is 73.7. The lowest BCUT2D eigenvalue weighted by Gasteiger charge is -2.25. The highest BCUT2D eigenvalue weighted by Crippen LogP contribution is 2.36. The van der Waals surface area contributed by atoms with E-state index < -0.39 is 27.7 Å². The Bertz CT molecular complexity index is 940. The molecule has 1 unspecified atom stereocenters. The Labute approximate surface area is 179 Å². The summed E-state index contributed by atoms with van der Waals surface area (Å²) in [6.45, 7) is 1.25. The van der Waals surface area contributed by atoms with Crippen LogP contribution in [-0.4, -0.2) is 50.8 Å². The maximum atomic E-state index is 13.2. The number of halogens is 4. The van der Waals surface area contributed by atoms with Gasteiger partial charge in [-0.2, -0.15) is 13.2 Å². The van der Waals surface area contributed by atoms with Gasteiger partial charge in [0, 0.05) is 25.5 Å². The van der Waals surface area contributed by atoms with Crippen molar-refractivity contribution >= 4 is 22.2 Å². The fourth-order valence-corrected chi connectivity index (χ4v) is 3.96. The average molecular weight is 467 g/mol. The minimum Gasteiger partial charge on any atom is -0.484 e. The Kier molecular flexibility index (Phi) is 7.95. The molecule has 0 fully saturated rings. The van der Waals surface area contributed by atoms with Crippen molar-refractivity contribution < 1.29 is 31.1 Å². The highest BCUT2D eigenvalue weighted by atomic mass is 35.5. The molecule has 11 heteroatoms. The zero-order valence-electron chi connectivity index (χ0n) is 16.1. The molecule has 0 spiro atoms. The Balaban J connectivity index is 0.00000320. The predicted molar refractivity (Wildman–Crippen MR) is 108 cm³/mol. The topological polar surface area (TPSA) is 77.5 Å². The Morgan fingerprint density at radius 2 is 1.93 bits per heavy atom. The van der Waals surface area contributed by atoms with Gasteiger partial charge in [0.2, 0.25) is 0 Å². The quantitative estimate of drug-likeness (QED) is 0.675. The molecule has 1 aliphatic heterocycles. The lowest BCUT2D eigenvalue weighted by Crippen LogP contribution is -2.38. The highest BCUT2D eigenvalue weighted by Gasteiger charge is 2.42. The normalized spacial score (nSPS) is 17.1. The third-order valence-electron chi connectivity index (χ3n) is 4.39. The summed E-state index contributed by atoms with van der Waals surface area (Å²) in [6.07, 6.45) is -2.46. The fraction of sp³-hybridized carbons (Fsp3) is 0.421. The van der Waals surface area contributed by atoms with E-state index in [0.29, 0.717) is 31.3 Å². The third kappa shape index (κ3) is 6.75. The van der Waals surface area contributed by atoms with E-state index >= 15 is 0 Å². The second-order valence-electron chi connectivity index (χ2n) is 6.92. The minimum atomic E-state index is -4.63. The predicted octanol–water partition coefficient (Wildman–Crippen LogP) is 3.12. The van der Waals surface area contributed by atoms with Gasteiger partial charge in [0.15, 0.2) is 5.75 Å². The summed E-state index contributed by atoms with van der Waals surface area (Å²) in [7, 11) is -3.78. The van der Waals surface area contributed by atoms with Crippen LogP contribution in [0.5, 0.6) is 11.6 Å². The number of nitrogens with zero attached hydrogens (tertiary/aromatic N) is 1. The average Bonchev–Trinajstić information content (AvgIpc) is 2.65. The summed E-state index contributed by atoms with van der Waals surface area (Å²) in [5.74, 6) is -1.99. The van der Waals surface area contributed by atoms with Crippen LogP contribution in [0.4, 0.5) is 13.2 Å². The molecule has 0 bridgehead atoms. The number of hydrogen-bond donors (Lipinski definition) is 1. The van der Waals surface area contributed by atoms with Crippen LogP contribution in [0, 0.1) is 0 Å². The van der Waals surface area contributed by atoms with Crippen molar-refractivity contribution in [2.24, 2.45) is 0 Å². The lowest BCUT2D eigenvalue weighted by molar-refractivity contribution is -0.145. The first-order valence-electron chi connectivity index (χ1n) is 8.90. The van der Waals surface area contributed by atoms with Crippen LogP contribution in [0.3, 0.4) is 0 Å². The molecule has 1 aliphatic rings. The Morgan fingerprint density at radius 3 is 2.57 bits per heavy atom. The molecular weight excluding hydrogens is 445 g/mol. The zero-order valence-corrected chi connectivity index (χ0v) is 17.7. The second-order valence-corrected chi connectivity index (χ2v) is 9.10. The Morgan fingerprint density at radius 1 is 1.23 bits per heavy atom. The zero-order chi connectivity index (χ0) is 21.1. The van der Waals surface area contributed by atoms with Crippen LogP contribution in [0.15, 0.2) is 42.6 Å². The van der Waals surface area contributed by atoms with Crippen LogP contribution in [-0.2, 0) is 16.4 Å². The van der Waals surface area contributed by atoms with Gasteiger partial charge in [0.1, 0.15) is 22.5 Å². The van der Waals surface area contributed by atoms with E-state index in [1.807, 2.05) is 0 Å². The molecule has 1 N–H and O–H groups in total. The largest absolute Gasteiger partial charge is 0.484 e. The van der Waals surface area contributed by atoms with Gasteiger partial charge in [0.05, 0.1) is 11.7 Å². The Hall–Kier alpha value is -2.04. The molecular formula is C19H22ClF3N2O4S. The molecule has 0 amide bonds. The smallest absolute Gasteiger partial charge is 0.396 e. The summed E-state index contributed by atoms with van der Waals surface area (Å²) in [5, 5.41) is 3.17. The highest BCUT2D eigenvalue weighted by molar-refractivity contribution is 7.90. The molecule has 2 atom stereocenters. The monoisotopic (exact) mass is 466 g/mol. The first-order valence-corrected chi connectivity index (χ1v) is 11.0. The van der Waals surface area contributed by atoms with Crippen LogP contribution in [0.25, 0.3) is 0 Å². The number of rotatable bonds is 7. The summed E-state index contributed by atoms with van der Waals surface area (Å²) in [4.78, 5) is 4.10. The molecule has 0 radical (unpaired) electrons. The molecule has 30 heavy (non-hydrogen) atoms. The van der Waals surface area contributed by atoms with Gasteiger partial charge >= 0.3 is 6.18 Å². The van der Waals surface area contributed by atoms with Gasteiger partial charge in [0.25, 0.3) is 5.88 Å². The standard InChI is InChI=1S/C19H21F3N2O4S.ClH/c1-29(25,26)12-16(19(20,21)22)14-6-4-13(5-7-14)9-23-10-15-11-27-17-3-2-8-24-18(17)28-15;/h2-8,15-16,23H,9-12H2,1H3;1H/t15-,16?;/m0./s1. The summed E-state index contributed by atoms with van der Waals surface area (Å²) in [6, 6.07) is 9.27. The number of fused-ring (bicyclic) bond motifs is 1. The molecule has 6 nitrogen and oxygen atoms in total. The van der Waals surface area contributed by atoms with Crippen LogP contribution < -0.4 is 14.8 Å². The molecule has 0 saturated heterocycles. The van der Waals surface area contributed by atoms with E-state index in [0.717, 1.165) is 11.8 Å². The number of sulfone groups is 1. The van der Waals surface area contributed by atoms with Crippen LogP contribution in [0.1, 0.15) is 17.0 Å². The second kappa shape index (κ2) is 9.84. The van der Waals surface area contributed by atoms with Gasteiger partial charge in [-0.15, -0.1) is 12.4 Å². The van der Waals surface area contributed by atoms with Gasteiger partial charge < -0.3 is 14.8 Å². The van der Waals surface area contributed by atoms with Crippen LogP contribution >= 0.6 is 12.4 Å². The van der Waals surface area contributed by atoms with E-state index in [2.05, 4.69) is 10.3 Å². The van der Waals surface area contributed by atoms with Crippen molar-refractivity contribution in [3.63, 3.8) is 0 Å². The molecule has 166 valence electrons. The fourth-order valence-electron chi connectivity index (χ4n) is 2.98. The number of aromatic nitrogens is 1. The number of nitrogens with one attached hydrogen (secondary N) is 1. The SMILES string of the molecule is CS(=O)(=O)CC(c1ccc(CNC[C@H]2COc3cccnc3O2)cc1)C(F)(F)F.Cl. The first kappa shape index (κ1) is 24.2. The van der Waals surface area contributed by atoms with Crippen molar-refractivity contribution in [2.45, 2.75) is 24.7 Å². The first-order chi connectivity index (χ1) is 13.6. The van der Waals surface area contributed by atoms with Crippen LogP contribution in [0.2, 0.25) is 0 Å². The molecule has 3 rings (SSSR count). The van der Waals surface area contributed by atoms with Crippen molar-refractivity contribution in [1.29, 1.82) is 0 Å². The van der Waals surface area contributed by atoms with Crippen molar-refractivity contribution in [3.8, 4) is 11.6 Å². The molecule has 2 aromatic rings. The number of ether oxygens (including phenoxy) is 2. The minimum absolute atomic E-state index is 0. The van der Waals surface area contributed by atoms with Crippen molar-refractivity contribution in [3.05, 3.63) is 53.7 Å². The molecule has 1 aromatic heterocycles. The number of alkyl halides is 3. The van der Waals surface area contributed by atoms with Crippen molar-refractivity contribution in [2.75, 3.05) is 25.2 Å². The van der Waals surface area contributed by atoms with E-state index in [4.69, 9.17) is 9.47 Å². The maximum Gasteiger partial charge on any atom is 0.396 e. The number of hydrogen-bond acceptors (Lipinski definition) is 6. The molecule has 1 aromatic carbocycles. The molecule has 0 saturated carbocycles. The number of pyridine rings is 1. The molecule has 0 aliphatic carbocycles. The van der Waals surface area contributed by atoms with Gasteiger partial charge in [-0.1, -0.05) is 24.3 Å². The summed E-state index contributed by atoms with van der Waals surface area (Å²) in [5.41, 5.74) is 0.697. The van der Waals surface area contributed by atoms with Crippen molar-refractivity contribution in [1.82, 2.24) is 10.3 Å². The summed E-state index contributed by atoms with van der Waals surface area (Å²) >= 11 is 0. The number of benzene rings is 1. The van der Waals surface area contributed by atoms with Gasteiger partial charge in [-0.05, 0) is 23.3 Å². The molecule has 2 heterocycles. The maximum absolute atomic E-state index is 13.2. The van der Waals surface area contributed by atoms with Gasteiger partial charge in [-0.25, -0.2) is 13.4 Å². The third-order valence-corrected chi connectivity index (χ3v) is 5.33. The van der Waals surface area contributed by atoms with Gasteiger partial charge in [-0.3, -0.25) is 0 Å². The lowest BCUT2D eigenvalue weighted by atomic mass is 9.99. The van der Waals surface area contributed by atoms with E-state index in [9.17, 15) is 21.6 Å². The van der Waals surface area contributed by atoms with E-state index in [1.54, 1.807) is 30.5 Å². The van der Waals surface area contributed by atoms with E-state index in [-0.39, 0.29) is 24.1 Å².